The molecular weight excluding hydrogens is 240 g/mol. The molecule has 5 nitrogen and oxygen atoms in total. The van der Waals surface area contributed by atoms with Crippen molar-refractivity contribution < 1.29 is 5.11 Å². The molecule has 0 bridgehead atoms. The molecule has 2 heterocycles. The third-order valence-corrected chi connectivity index (χ3v) is 3.38. The molecule has 0 amide bonds. The van der Waals surface area contributed by atoms with Gasteiger partial charge >= 0.3 is 0 Å². The van der Waals surface area contributed by atoms with Crippen LogP contribution in [0.1, 0.15) is 18.3 Å². The van der Waals surface area contributed by atoms with Crippen LogP contribution in [0.5, 0.6) is 0 Å². The van der Waals surface area contributed by atoms with Crippen molar-refractivity contribution in [3.05, 3.63) is 48.2 Å². The van der Waals surface area contributed by atoms with Gasteiger partial charge in [0, 0.05) is 23.6 Å². The summed E-state index contributed by atoms with van der Waals surface area (Å²) in [5, 5.41) is 14.6. The molecule has 0 atom stereocenters. The summed E-state index contributed by atoms with van der Waals surface area (Å²) in [5.74, 6) is 0.939. The number of hydrogen-bond donors (Lipinski definition) is 1. The summed E-state index contributed by atoms with van der Waals surface area (Å²) >= 11 is 0. The van der Waals surface area contributed by atoms with Gasteiger partial charge in [0.05, 0.1) is 13.2 Å². The Morgan fingerprint density at radius 3 is 2.95 bits per heavy atom. The minimum absolute atomic E-state index is 0.0620. The average Bonchev–Trinajstić information content (AvgIpc) is 3.06. The molecule has 2 aromatic heterocycles. The molecule has 0 spiro atoms. The van der Waals surface area contributed by atoms with Crippen LogP contribution in [0.3, 0.4) is 0 Å². The highest BCUT2D eigenvalue weighted by Gasteiger charge is 2.08. The molecule has 0 aliphatic carbocycles. The van der Waals surface area contributed by atoms with Crippen LogP contribution in [-0.4, -0.2) is 24.4 Å². The van der Waals surface area contributed by atoms with Gasteiger partial charge in [-0.2, -0.15) is 5.10 Å². The molecule has 3 aromatic rings. The molecular formula is C14H16N4O. The van der Waals surface area contributed by atoms with Gasteiger partial charge in [-0.3, -0.25) is 0 Å². The Balaban J connectivity index is 2.02. The monoisotopic (exact) mass is 256 g/mol. The highest BCUT2D eigenvalue weighted by Crippen LogP contribution is 2.21. The first-order chi connectivity index (χ1) is 9.33. The summed E-state index contributed by atoms with van der Waals surface area (Å²) in [6, 6.07) is 8.00. The van der Waals surface area contributed by atoms with Gasteiger partial charge in [-0.05, 0) is 24.6 Å². The second-order valence-corrected chi connectivity index (χ2v) is 4.44. The molecule has 19 heavy (non-hydrogen) atoms. The molecule has 98 valence electrons. The van der Waals surface area contributed by atoms with Crippen LogP contribution in [-0.2, 0) is 19.7 Å². The third-order valence-electron chi connectivity index (χ3n) is 3.38. The number of hydrogen-bond acceptors (Lipinski definition) is 3. The van der Waals surface area contributed by atoms with Crippen molar-refractivity contribution in [2.45, 2.75) is 26.6 Å². The van der Waals surface area contributed by atoms with Crippen LogP contribution in [0, 0.1) is 0 Å². The Labute approximate surface area is 111 Å². The largest absolute Gasteiger partial charge is 0.392 e. The van der Waals surface area contributed by atoms with E-state index >= 15 is 0 Å². The van der Waals surface area contributed by atoms with Gasteiger partial charge in [0.15, 0.2) is 0 Å². The summed E-state index contributed by atoms with van der Waals surface area (Å²) in [7, 11) is 0. The van der Waals surface area contributed by atoms with E-state index < -0.39 is 0 Å². The molecule has 1 N–H and O–H groups in total. The first-order valence-corrected chi connectivity index (χ1v) is 6.37. The zero-order valence-electron chi connectivity index (χ0n) is 10.8. The van der Waals surface area contributed by atoms with Crippen LogP contribution in [0.2, 0.25) is 0 Å². The van der Waals surface area contributed by atoms with E-state index in [2.05, 4.69) is 27.6 Å². The lowest BCUT2D eigenvalue weighted by Gasteiger charge is -2.07. The molecule has 0 radical (unpaired) electrons. The first kappa shape index (κ1) is 11.9. The summed E-state index contributed by atoms with van der Waals surface area (Å²) in [4.78, 5) is 4.29. The lowest BCUT2D eigenvalue weighted by Crippen LogP contribution is -2.08. The molecule has 1 aromatic carbocycles. The molecule has 0 unspecified atom stereocenters. The molecule has 0 aliphatic heterocycles. The Morgan fingerprint density at radius 2 is 2.16 bits per heavy atom. The van der Waals surface area contributed by atoms with Gasteiger partial charge < -0.3 is 9.67 Å². The third kappa shape index (κ3) is 2.02. The van der Waals surface area contributed by atoms with E-state index in [0.717, 1.165) is 28.8 Å². The number of fused-ring (bicyclic) bond motifs is 1. The topological polar surface area (TPSA) is 55.9 Å². The maximum atomic E-state index is 9.35. The molecule has 3 rings (SSSR count). The SMILES string of the molecule is CCn1ncnc1Cn1ccc2c(CO)cccc21. The maximum Gasteiger partial charge on any atom is 0.146 e. The van der Waals surface area contributed by atoms with Crippen molar-refractivity contribution in [1.82, 2.24) is 19.3 Å². The summed E-state index contributed by atoms with van der Waals surface area (Å²) < 4.78 is 4.02. The second-order valence-electron chi connectivity index (χ2n) is 4.44. The fourth-order valence-electron chi connectivity index (χ4n) is 2.39. The number of benzene rings is 1. The van der Waals surface area contributed by atoms with E-state index in [4.69, 9.17) is 0 Å². The van der Waals surface area contributed by atoms with Crippen LogP contribution in [0.15, 0.2) is 36.8 Å². The molecule has 0 saturated heterocycles. The van der Waals surface area contributed by atoms with E-state index in [1.807, 2.05) is 29.1 Å². The van der Waals surface area contributed by atoms with Gasteiger partial charge in [0.2, 0.25) is 0 Å². The van der Waals surface area contributed by atoms with Gasteiger partial charge in [-0.25, -0.2) is 9.67 Å². The number of nitrogens with zero attached hydrogens (tertiary/aromatic N) is 4. The van der Waals surface area contributed by atoms with Crippen molar-refractivity contribution in [1.29, 1.82) is 0 Å². The van der Waals surface area contributed by atoms with E-state index in [0.29, 0.717) is 6.54 Å². The average molecular weight is 256 g/mol. The van der Waals surface area contributed by atoms with Crippen LogP contribution in [0.25, 0.3) is 10.9 Å². The van der Waals surface area contributed by atoms with Crippen molar-refractivity contribution in [3.63, 3.8) is 0 Å². The Kier molecular flexibility index (Phi) is 3.05. The number of aryl methyl sites for hydroxylation is 1. The molecule has 0 aliphatic rings. The number of aliphatic hydroxyl groups is 1. The van der Waals surface area contributed by atoms with Crippen molar-refractivity contribution in [3.8, 4) is 0 Å². The van der Waals surface area contributed by atoms with Gasteiger partial charge in [0.25, 0.3) is 0 Å². The predicted octanol–water partition coefficient (Wildman–Crippen LogP) is 1.79. The molecule has 0 fully saturated rings. The highest BCUT2D eigenvalue weighted by atomic mass is 16.3. The van der Waals surface area contributed by atoms with Gasteiger partial charge in [-0.15, -0.1) is 0 Å². The second kappa shape index (κ2) is 4.85. The number of aromatic nitrogens is 4. The Hall–Kier alpha value is -2.14. The Morgan fingerprint density at radius 1 is 1.26 bits per heavy atom. The fourth-order valence-corrected chi connectivity index (χ4v) is 2.39. The molecule has 5 heteroatoms. The lowest BCUT2D eigenvalue weighted by atomic mass is 10.1. The first-order valence-electron chi connectivity index (χ1n) is 6.37. The Bertz CT molecular complexity index is 698. The summed E-state index contributed by atoms with van der Waals surface area (Å²) in [6.07, 6.45) is 3.61. The zero-order chi connectivity index (χ0) is 13.2. The minimum Gasteiger partial charge on any atom is -0.392 e. The van der Waals surface area contributed by atoms with Crippen molar-refractivity contribution in [2.24, 2.45) is 0 Å². The van der Waals surface area contributed by atoms with Crippen LogP contribution >= 0.6 is 0 Å². The summed E-state index contributed by atoms with van der Waals surface area (Å²) in [5.41, 5.74) is 2.06. The van der Waals surface area contributed by atoms with Crippen molar-refractivity contribution in [2.75, 3.05) is 0 Å². The minimum atomic E-state index is 0.0620. The highest BCUT2D eigenvalue weighted by molar-refractivity contribution is 5.83. The van der Waals surface area contributed by atoms with E-state index in [1.165, 1.54) is 0 Å². The standard InChI is InChI=1S/C14H16N4O/c1-2-18-14(15-10-16-18)8-17-7-6-12-11(9-19)4-3-5-13(12)17/h3-7,10,19H,2,8-9H2,1H3. The lowest BCUT2D eigenvalue weighted by molar-refractivity contribution is 0.283. The smallest absolute Gasteiger partial charge is 0.146 e. The number of rotatable bonds is 4. The van der Waals surface area contributed by atoms with Crippen LogP contribution in [0.4, 0.5) is 0 Å². The van der Waals surface area contributed by atoms with Gasteiger partial charge in [0.1, 0.15) is 12.2 Å². The van der Waals surface area contributed by atoms with E-state index in [9.17, 15) is 5.11 Å². The van der Waals surface area contributed by atoms with E-state index in [-0.39, 0.29) is 6.61 Å². The van der Waals surface area contributed by atoms with Gasteiger partial charge in [-0.1, -0.05) is 12.1 Å². The normalized spacial score (nSPS) is 11.3. The summed E-state index contributed by atoms with van der Waals surface area (Å²) in [6.45, 7) is 3.62. The quantitative estimate of drug-likeness (QED) is 0.774. The van der Waals surface area contributed by atoms with Crippen LogP contribution < -0.4 is 0 Å². The van der Waals surface area contributed by atoms with Crippen molar-refractivity contribution >= 4 is 10.9 Å². The predicted molar refractivity (Wildman–Crippen MR) is 72.7 cm³/mol. The van der Waals surface area contributed by atoms with E-state index in [1.54, 1.807) is 6.33 Å². The zero-order valence-corrected chi connectivity index (χ0v) is 10.8. The number of aliphatic hydroxyl groups excluding tert-OH is 1. The molecule has 0 saturated carbocycles. The maximum absolute atomic E-state index is 9.35. The fraction of sp³-hybridized carbons (Fsp3) is 0.286.